The molecule has 3 heteroatoms. The summed E-state index contributed by atoms with van der Waals surface area (Å²) in [5.41, 5.74) is 7.76. The summed E-state index contributed by atoms with van der Waals surface area (Å²) < 4.78 is 5.10. The van der Waals surface area contributed by atoms with Gasteiger partial charge in [-0.15, -0.1) is 0 Å². The smallest absolute Gasteiger partial charge is 0.248 e. The highest BCUT2D eigenvalue weighted by molar-refractivity contribution is 5.93. The number of amides is 1. The molecule has 0 fully saturated rings. The molecule has 0 saturated carbocycles. The number of primary amides is 1. The van der Waals surface area contributed by atoms with Crippen molar-refractivity contribution in [3.63, 3.8) is 0 Å². The Bertz CT molecular complexity index is 383. The van der Waals surface area contributed by atoms with Crippen molar-refractivity contribution in [2.75, 3.05) is 0 Å². The number of hydrogen-bond donors (Lipinski definition) is 1. The van der Waals surface area contributed by atoms with E-state index in [4.69, 9.17) is 10.5 Å². The Kier molecular flexibility index (Phi) is 1.77. The van der Waals surface area contributed by atoms with Gasteiger partial charge in [0, 0.05) is 5.56 Å². The van der Waals surface area contributed by atoms with E-state index in [1.54, 1.807) is 18.4 Å². The fraction of sp³-hybridized carbons (Fsp3) is 0.100. The van der Waals surface area contributed by atoms with Gasteiger partial charge in [0.1, 0.15) is 6.61 Å². The van der Waals surface area contributed by atoms with Crippen LogP contribution in [0.5, 0.6) is 0 Å². The van der Waals surface area contributed by atoms with Crippen molar-refractivity contribution in [2.45, 2.75) is 6.61 Å². The van der Waals surface area contributed by atoms with Crippen molar-refractivity contribution >= 4 is 12.0 Å². The molecule has 0 saturated heterocycles. The van der Waals surface area contributed by atoms with Crippen molar-refractivity contribution in [1.29, 1.82) is 0 Å². The van der Waals surface area contributed by atoms with Crippen molar-refractivity contribution in [2.24, 2.45) is 5.73 Å². The molecular weight excluding hydrogens is 166 g/mol. The number of fused-ring (bicyclic) bond motifs is 1. The third-order valence-electron chi connectivity index (χ3n) is 2.01. The fourth-order valence-electron chi connectivity index (χ4n) is 1.29. The minimum atomic E-state index is -0.400. The molecule has 0 unspecified atom stereocenters. The molecule has 1 aliphatic heterocycles. The Morgan fingerprint density at radius 1 is 1.46 bits per heavy atom. The van der Waals surface area contributed by atoms with Crippen LogP contribution in [-0.4, -0.2) is 5.91 Å². The lowest BCUT2D eigenvalue weighted by atomic mass is 10.0. The second-order valence-electron chi connectivity index (χ2n) is 2.89. The predicted molar refractivity (Wildman–Crippen MR) is 48.8 cm³/mol. The van der Waals surface area contributed by atoms with Gasteiger partial charge in [0.25, 0.3) is 0 Å². The largest absolute Gasteiger partial charge is 0.496 e. The summed E-state index contributed by atoms with van der Waals surface area (Å²) in [6.45, 7) is 0.560. The Hall–Kier alpha value is -1.77. The number of ether oxygens (including phenoxy) is 1. The van der Waals surface area contributed by atoms with E-state index in [0.29, 0.717) is 12.2 Å². The van der Waals surface area contributed by atoms with Gasteiger partial charge < -0.3 is 10.5 Å². The lowest BCUT2D eigenvalue weighted by Gasteiger charge is -2.11. The van der Waals surface area contributed by atoms with Gasteiger partial charge in [-0.1, -0.05) is 6.07 Å². The molecular formula is C10H9NO2. The lowest BCUT2D eigenvalue weighted by molar-refractivity contribution is 0.1000. The molecule has 0 aliphatic carbocycles. The molecule has 0 spiro atoms. The van der Waals surface area contributed by atoms with Crippen molar-refractivity contribution in [1.82, 2.24) is 0 Å². The van der Waals surface area contributed by atoms with Gasteiger partial charge in [-0.2, -0.15) is 0 Å². The SMILES string of the molecule is NC(=O)c1ccc2c(c1)C=COC2. The summed E-state index contributed by atoms with van der Waals surface area (Å²) in [5, 5.41) is 0. The first-order valence-electron chi connectivity index (χ1n) is 3.98. The third kappa shape index (κ3) is 1.40. The number of carbonyl (C=O) groups excluding carboxylic acids is 1. The maximum Gasteiger partial charge on any atom is 0.248 e. The maximum absolute atomic E-state index is 10.9. The fourth-order valence-corrected chi connectivity index (χ4v) is 1.29. The average molecular weight is 175 g/mol. The van der Waals surface area contributed by atoms with Crippen molar-refractivity contribution in [3.05, 3.63) is 41.2 Å². The van der Waals surface area contributed by atoms with Gasteiger partial charge in [0.15, 0.2) is 0 Å². The first-order chi connectivity index (χ1) is 6.27. The van der Waals surface area contributed by atoms with Crippen LogP contribution in [0.1, 0.15) is 21.5 Å². The summed E-state index contributed by atoms with van der Waals surface area (Å²) in [7, 11) is 0. The average Bonchev–Trinajstić information content (AvgIpc) is 2.17. The lowest BCUT2D eigenvalue weighted by Crippen LogP contribution is -2.11. The van der Waals surface area contributed by atoms with Crippen LogP contribution in [0.15, 0.2) is 24.5 Å². The number of hydrogen-bond acceptors (Lipinski definition) is 2. The minimum Gasteiger partial charge on any atom is -0.496 e. The van der Waals surface area contributed by atoms with E-state index in [1.807, 2.05) is 12.1 Å². The van der Waals surface area contributed by atoms with E-state index < -0.39 is 5.91 Å². The molecule has 2 rings (SSSR count). The van der Waals surface area contributed by atoms with Crippen LogP contribution in [0, 0.1) is 0 Å². The third-order valence-corrected chi connectivity index (χ3v) is 2.01. The van der Waals surface area contributed by atoms with E-state index in [-0.39, 0.29) is 0 Å². The second kappa shape index (κ2) is 2.94. The molecule has 0 bridgehead atoms. The summed E-state index contributed by atoms with van der Waals surface area (Å²) in [4.78, 5) is 10.9. The molecule has 1 heterocycles. The summed E-state index contributed by atoms with van der Waals surface area (Å²) in [5.74, 6) is -0.400. The normalized spacial score (nSPS) is 13.2. The first-order valence-corrected chi connectivity index (χ1v) is 3.98. The molecule has 66 valence electrons. The molecule has 0 atom stereocenters. The van der Waals surface area contributed by atoms with Crippen LogP contribution >= 0.6 is 0 Å². The van der Waals surface area contributed by atoms with E-state index in [9.17, 15) is 4.79 Å². The van der Waals surface area contributed by atoms with Gasteiger partial charge in [-0.05, 0) is 29.3 Å². The topological polar surface area (TPSA) is 52.3 Å². The molecule has 0 radical (unpaired) electrons. The van der Waals surface area contributed by atoms with Gasteiger partial charge in [-0.25, -0.2) is 0 Å². The number of rotatable bonds is 1. The van der Waals surface area contributed by atoms with E-state index in [1.165, 1.54) is 0 Å². The molecule has 0 aromatic heterocycles. The minimum absolute atomic E-state index is 0.400. The van der Waals surface area contributed by atoms with Gasteiger partial charge >= 0.3 is 0 Å². The number of benzene rings is 1. The molecule has 3 nitrogen and oxygen atoms in total. The first kappa shape index (κ1) is 7.86. The Balaban J connectivity index is 2.48. The second-order valence-corrected chi connectivity index (χ2v) is 2.89. The summed E-state index contributed by atoms with van der Waals surface area (Å²) in [6, 6.07) is 5.35. The molecule has 1 aliphatic rings. The standard InChI is InChI=1S/C10H9NO2/c11-10(12)8-1-2-9-6-13-4-3-7(9)5-8/h1-5H,6H2,(H2,11,12). The van der Waals surface area contributed by atoms with E-state index >= 15 is 0 Å². The maximum atomic E-state index is 10.9. The molecule has 1 amide bonds. The Morgan fingerprint density at radius 2 is 2.31 bits per heavy atom. The van der Waals surface area contributed by atoms with Crippen LogP contribution in [-0.2, 0) is 11.3 Å². The predicted octanol–water partition coefficient (Wildman–Crippen LogP) is 1.29. The van der Waals surface area contributed by atoms with Crippen LogP contribution in [0.3, 0.4) is 0 Å². The zero-order valence-electron chi connectivity index (χ0n) is 6.99. The summed E-state index contributed by atoms with van der Waals surface area (Å²) in [6.07, 6.45) is 3.44. The Morgan fingerprint density at radius 3 is 3.08 bits per heavy atom. The molecule has 1 aromatic rings. The summed E-state index contributed by atoms with van der Waals surface area (Å²) >= 11 is 0. The van der Waals surface area contributed by atoms with Gasteiger partial charge in [-0.3, -0.25) is 4.79 Å². The molecule has 1 aromatic carbocycles. The highest BCUT2D eigenvalue weighted by Crippen LogP contribution is 2.18. The Labute approximate surface area is 75.8 Å². The van der Waals surface area contributed by atoms with Crippen molar-refractivity contribution < 1.29 is 9.53 Å². The molecule has 2 N–H and O–H groups in total. The van der Waals surface area contributed by atoms with E-state index in [0.717, 1.165) is 11.1 Å². The zero-order chi connectivity index (χ0) is 9.26. The van der Waals surface area contributed by atoms with Crippen LogP contribution in [0.2, 0.25) is 0 Å². The molecule has 13 heavy (non-hydrogen) atoms. The van der Waals surface area contributed by atoms with Gasteiger partial charge in [0.2, 0.25) is 5.91 Å². The number of nitrogens with two attached hydrogens (primary N) is 1. The van der Waals surface area contributed by atoms with Crippen molar-refractivity contribution in [3.8, 4) is 0 Å². The number of carbonyl (C=O) groups is 1. The highest BCUT2D eigenvalue weighted by Gasteiger charge is 2.07. The van der Waals surface area contributed by atoms with Crippen LogP contribution in [0.4, 0.5) is 0 Å². The quantitative estimate of drug-likeness (QED) is 0.699. The monoisotopic (exact) mass is 175 g/mol. The highest BCUT2D eigenvalue weighted by atomic mass is 16.5. The van der Waals surface area contributed by atoms with E-state index in [2.05, 4.69) is 0 Å². The van der Waals surface area contributed by atoms with Crippen LogP contribution in [0.25, 0.3) is 6.08 Å². The van der Waals surface area contributed by atoms with Gasteiger partial charge in [0.05, 0.1) is 6.26 Å². The van der Waals surface area contributed by atoms with Crippen LogP contribution < -0.4 is 5.73 Å². The zero-order valence-corrected chi connectivity index (χ0v) is 6.99.